The van der Waals surface area contributed by atoms with Crippen LogP contribution in [0.2, 0.25) is 0 Å². The van der Waals surface area contributed by atoms with Gasteiger partial charge in [0, 0.05) is 23.5 Å². The normalized spacial score (nSPS) is 12.3. The molecule has 15 heavy (non-hydrogen) atoms. The topological polar surface area (TPSA) is 15.3 Å². The van der Waals surface area contributed by atoms with Gasteiger partial charge in [-0.3, -0.25) is 0 Å². The van der Waals surface area contributed by atoms with Crippen molar-refractivity contribution in [3.63, 3.8) is 0 Å². The zero-order valence-corrected chi connectivity index (χ0v) is 11.0. The summed E-state index contributed by atoms with van der Waals surface area (Å²) >= 11 is 1.85. The minimum absolute atomic E-state index is 0.199. The highest BCUT2D eigenvalue weighted by Crippen LogP contribution is 2.10. The van der Waals surface area contributed by atoms with Gasteiger partial charge in [0.15, 0.2) is 0 Å². The lowest BCUT2D eigenvalue weighted by atomic mass is 10.1. The second-order valence-electron chi connectivity index (χ2n) is 4.70. The zero-order chi connectivity index (χ0) is 11.3. The summed E-state index contributed by atoms with van der Waals surface area (Å²) in [6, 6.07) is 4.33. The molecular weight excluding hydrogens is 204 g/mol. The molecule has 0 aromatic carbocycles. The monoisotopic (exact) mass is 226 g/mol. The number of likely N-dealkylation sites (N-methyl/N-ethyl adjacent to an activating group) is 2. The largest absolute Gasteiger partial charge is 0.314 e. The minimum atomic E-state index is 0.199. The predicted molar refractivity (Wildman–Crippen MR) is 68.7 cm³/mol. The average Bonchev–Trinajstić information content (AvgIpc) is 2.66. The molecule has 1 heterocycles. The molecule has 1 rings (SSSR count). The van der Waals surface area contributed by atoms with Crippen LogP contribution in [0.1, 0.15) is 18.7 Å². The molecule has 0 saturated carbocycles. The summed E-state index contributed by atoms with van der Waals surface area (Å²) < 4.78 is 0. The average molecular weight is 226 g/mol. The van der Waals surface area contributed by atoms with E-state index in [0.717, 1.165) is 19.5 Å². The first-order valence-corrected chi connectivity index (χ1v) is 6.31. The molecule has 0 spiro atoms. The molecule has 0 saturated heterocycles. The maximum atomic E-state index is 3.33. The van der Waals surface area contributed by atoms with E-state index in [2.05, 4.69) is 48.6 Å². The van der Waals surface area contributed by atoms with E-state index in [-0.39, 0.29) is 5.54 Å². The number of hydrogen-bond acceptors (Lipinski definition) is 3. The Hall–Kier alpha value is -0.380. The molecule has 0 aliphatic carbocycles. The van der Waals surface area contributed by atoms with Crippen LogP contribution in [-0.2, 0) is 6.42 Å². The molecule has 0 aliphatic heterocycles. The molecule has 1 aromatic heterocycles. The predicted octanol–water partition coefficient (Wildman–Crippen LogP) is 2.22. The first kappa shape index (κ1) is 12.7. The molecule has 0 amide bonds. The van der Waals surface area contributed by atoms with E-state index >= 15 is 0 Å². The molecule has 0 fully saturated rings. The van der Waals surface area contributed by atoms with Crippen LogP contribution in [0.25, 0.3) is 0 Å². The van der Waals surface area contributed by atoms with Gasteiger partial charge in [0.25, 0.3) is 0 Å². The Bertz CT molecular complexity index is 267. The highest BCUT2D eigenvalue weighted by molar-refractivity contribution is 7.09. The molecule has 2 nitrogen and oxygen atoms in total. The molecule has 1 N–H and O–H groups in total. The fraction of sp³-hybridized carbons (Fsp3) is 0.667. The van der Waals surface area contributed by atoms with E-state index < -0.39 is 0 Å². The van der Waals surface area contributed by atoms with Crippen LogP contribution in [0.15, 0.2) is 17.5 Å². The van der Waals surface area contributed by atoms with Crippen LogP contribution in [0, 0.1) is 0 Å². The van der Waals surface area contributed by atoms with Gasteiger partial charge < -0.3 is 10.2 Å². The van der Waals surface area contributed by atoms with Gasteiger partial charge in [-0.05, 0) is 45.8 Å². The summed E-state index contributed by atoms with van der Waals surface area (Å²) in [5.41, 5.74) is 0.199. The number of rotatable bonds is 6. The zero-order valence-electron chi connectivity index (χ0n) is 10.2. The highest BCUT2D eigenvalue weighted by atomic mass is 32.1. The maximum absolute atomic E-state index is 3.33. The molecule has 0 unspecified atom stereocenters. The van der Waals surface area contributed by atoms with Gasteiger partial charge in [-0.25, -0.2) is 0 Å². The van der Waals surface area contributed by atoms with Crippen molar-refractivity contribution >= 4 is 11.3 Å². The van der Waals surface area contributed by atoms with Crippen molar-refractivity contribution in [3.8, 4) is 0 Å². The molecule has 1 aromatic rings. The van der Waals surface area contributed by atoms with Gasteiger partial charge in [-0.2, -0.15) is 0 Å². The fourth-order valence-corrected chi connectivity index (χ4v) is 2.29. The van der Waals surface area contributed by atoms with E-state index in [1.165, 1.54) is 4.88 Å². The Kier molecular flexibility index (Phi) is 4.77. The Balaban J connectivity index is 2.27. The first-order valence-electron chi connectivity index (χ1n) is 5.43. The molecular formula is C12H22N2S. The SMILES string of the molecule is CNC(C)(C)CN(C)CCc1cccs1. The van der Waals surface area contributed by atoms with Crippen molar-refractivity contribution in [1.82, 2.24) is 10.2 Å². The number of hydrogen-bond donors (Lipinski definition) is 1. The lowest BCUT2D eigenvalue weighted by Gasteiger charge is -2.29. The third-order valence-electron chi connectivity index (χ3n) is 2.66. The standard InChI is InChI=1S/C12H22N2S/c1-12(2,13-3)10-14(4)8-7-11-6-5-9-15-11/h5-6,9,13H,7-8,10H2,1-4H3. The lowest BCUT2D eigenvalue weighted by molar-refractivity contribution is 0.247. The third kappa shape index (κ3) is 4.78. The number of thiophene rings is 1. The van der Waals surface area contributed by atoms with Crippen LogP contribution in [0.5, 0.6) is 0 Å². The van der Waals surface area contributed by atoms with E-state index in [9.17, 15) is 0 Å². The fourth-order valence-electron chi connectivity index (χ4n) is 1.59. The number of nitrogens with zero attached hydrogens (tertiary/aromatic N) is 1. The van der Waals surface area contributed by atoms with Crippen LogP contribution in [-0.4, -0.2) is 37.6 Å². The van der Waals surface area contributed by atoms with Crippen LogP contribution in [0.4, 0.5) is 0 Å². The Morgan fingerprint density at radius 1 is 1.47 bits per heavy atom. The van der Waals surface area contributed by atoms with Crippen LogP contribution < -0.4 is 5.32 Å². The van der Waals surface area contributed by atoms with Crippen molar-refractivity contribution in [1.29, 1.82) is 0 Å². The van der Waals surface area contributed by atoms with E-state index in [0.29, 0.717) is 0 Å². The van der Waals surface area contributed by atoms with Crippen molar-refractivity contribution in [2.45, 2.75) is 25.8 Å². The van der Waals surface area contributed by atoms with Gasteiger partial charge in [0.1, 0.15) is 0 Å². The maximum Gasteiger partial charge on any atom is 0.0249 e. The molecule has 0 atom stereocenters. The van der Waals surface area contributed by atoms with Crippen molar-refractivity contribution in [2.75, 3.05) is 27.2 Å². The Morgan fingerprint density at radius 3 is 2.73 bits per heavy atom. The minimum Gasteiger partial charge on any atom is -0.314 e. The summed E-state index contributed by atoms with van der Waals surface area (Å²) in [6.07, 6.45) is 1.16. The molecule has 0 radical (unpaired) electrons. The molecule has 3 heteroatoms. The van der Waals surface area contributed by atoms with Gasteiger partial charge in [0.05, 0.1) is 0 Å². The second-order valence-corrected chi connectivity index (χ2v) is 5.73. The third-order valence-corrected chi connectivity index (χ3v) is 3.60. The highest BCUT2D eigenvalue weighted by Gasteiger charge is 2.16. The van der Waals surface area contributed by atoms with Crippen molar-refractivity contribution in [2.24, 2.45) is 0 Å². The Morgan fingerprint density at radius 2 is 2.20 bits per heavy atom. The van der Waals surface area contributed by atoms with Gasteiger partial charge in [-0.1, -0.05) is 6.07 Å². The van der Waals surface area contributed by atoms with Gasteiger partial charge in [0.2, 0.25) is 0 Å². The molecule has 86 valence electrons. The second kappa shape index (κ2) is 5.64. The van der Waals surface area contributed by atoms with Crippen LogP contribution in [0.3, 0.4) is 0 Å². The number of nitrogens with one attached hydrogen (secondary N) is 1. The molecule has 0 aliphatic rings. The first-order chi connectivity index (χ1) is 7.03. The smallest absolute Gasteiger partial charge is 0.0249 e. The summed E-state index contributed by atoms with van der Waals surface area (Å²) in [7, 11) is 4.21. The quantitative estimate of drug-likeness (QED) is 0.800. The summed E-state index contributed by atoms with van der Waals surface area (Å²) in [6.45, 7) is 6.67. The van der Waals surface area contributed by atoms with Crippen LogP contribution >= 0.6 is 11.3 Å². The summed E-state index contributed by atoms with van der Waals surface area (Å²) in [4.78, 5) is 3.86. The summed E-state index contributed by atoms with van der Waals surface area (Å²) in [5.74, 6) is 0. The van der Waals surface area contributed by atoms with E-state index in [1.807, 2.05) is 18.4 Å². The van der Waals surface area contributed by atoms with Crippen molar-refractivity contribution < 1.29 is 0 Å². The molecule has 0 bridgehead atoms. The van der Waals surface area contributed by atoms with Gasteiger partial charge in [-0.15, -0.1) is 11.3 Å². The Labute approximate surface area is 97.3 Å². The van der Waals surface area contributed by atoms with Crippen molar-refractivity contribution in [3.05, 3.63) is 22.4 Å². The van der Waals surface area contributed by atoms with Gasteiger partial charge >= 0.3 is 0 Å². The van der Waals surface area contributed by atoms with E-state index in [1.54, 1.807) is 0 Å². The lowest BCUT2D eigenvalue weighted by Crippen LogP contribution is -2.46. The summed E-state index contributed by atoms with van der Waals surface area (Å²) in [5, 5.41) is 5.47. The van der Waals surface area contributed by atoms with E-state index in [4.69, 9.17) is 0 Å².